The smallest absolute Gasteiger partial charge is 0.227 e. The van der Waals surface area contributed by atoms with E-state index in [9.17, 15) is 9.59 Å². The van der Waals surface area contributed by atoms with Crippen LogP contribution in [-0.4, -0.2) is 60.4 Å². The van der Waals surface area contributed by atoms with E-state index in [0.717, 1.165) is 50.1 Å². The minimum Gasteiger partial charge on any atom is -0.342 e. The lowest BCUT2D eigenvalue weighted by Gasteiger charge is -2.36. The number of hydrogen-bond donors (Lipinski definition) is 0. The fraction of sp³-hybridized carbons (Fsp3) is 0.619. The summed E-state index contributed by atoms with van der Waals surface area (Å²) in [4.78, 5) is 30.9. The maximum atomic E-state index is 12.6. The van der Waals surface area contributed by atoms with Gasteiger partial charge in [-0.25, -0.2) is 0 Å². The Hall–Kier alpha value is -1.88. The minimum absolute atomic E-state index is 0.203. The van der Waals surface area contributed by atoms with Crippen LogP contribution in [0.2, 0.25) is 0 Å². The van der Waals surface area contributed by atoms with Crippen molar-refractivity contribution in [2.45, 2.75) is 51.0 Å². The molecular formula is C21H29N3O2. The average molecular weight is 355 g/mol. The number of carbonyl (C=O) groups excluding carboxylic acids is 2. The van der Waals surface area contributed by atoms with Crippen molar-refractivity contribution in [3.8, 4) is 0 Å². The molecule has 0 aliphatic carbocycles. The summed E-state index contributed by atoms with van der Waals surface area (Å²) in [5.74, 6) is 0.435. The first-order valence-electron chi connectivity index (χ1n) is 10.1. The Morgan fingerprint density at radius 1 is 0.923 bits per heavy atom. The maximum absolute atomic E-state index is 12.6. The molecule has 0 saturated carbocycles. The van der Waals surface area contributed by atoms with Crippen molar-refractivity contribution in [1.29, 1.82) is 0 Å². The standard InChI is InChI=1S/C21H29N3O2/c25-20-4-3-13-24(20)19-7-5-17(6-8-19)16-21(26)23-14-9-18(10-15-23)22-11-1-2-12-22/h5-8,18H,1-4,9-16H2. The third kappa shape index (κ3) is 3.78. The third-order valence-corrected chi connectivity index (χ3v) is 6.15. The number of likely N-dealkylation sites (tertiary alicyclic amines) is 2. The lowest BCUT2D eigenvalue weighted by molar-refractivity contribution is -0.132. The van der Waals surface area contributed by atoms with Gasteiger partial charge in [0, 0.05) is 37.8 Å². The number of amides is 2. The first kappa shape index (κ1) is 17.5. The highest BCUT2D eigenvalue weighted by Crippen LogP contribution is 2.23. The molecule has 3 aliphatic rings. The molecular weight excluding hydrogens is 326 g/mol. The molecule has 0 radical (unpaired) electrons. The molecule has 1 aromatic rings. The molecule has 5 heteroatoms. The highest BCUT2D eigenvalue weighted by Gasteiger charge is 2.28. The SMILES string of the molecule is O=C(Cc1ccc(N2CCCC2=O)cc1)N1CCC(N2CCCC2)CC1. The van der Waals surface area contributed by atoms with Gasteiger partial charge in [0.15, 0.2) is 0 Å². The Morgan fingerprint density at radius 2 is 1.62 bits per heavy atom. The van der Waals surface area contributed by atoms with Crippen LogP contribution in [-0.2, 0) is 16.0 Å². The monoisotopic (exact) mass is 355 g/mol. The molecule has 3 aliphatic heterocycles. The normalized spacial score (nSPS) is 22.4. The molecule has 0 unspecified atom stereocenters. The molecule has 0 N–H and O–H groups in total. The van der Waals surface area contributed by atoms with E-state index in [2.05, 4.69) is 4.90 Å². The van der Waals surface area contributed by atoms with Gasteiger partial charge in [-0.1, -0.05) is 12.1 Å². The molecule has 3 saturated heterocycles. The van der Waals surface area contributed by atoms with E-state index in [4.69, 9.17) is 0 Å². The van der Waals surface area contributed by atoms with E-state index >= 15 is 0 Å². The molecule has 3 heterocycles. The van der Waals surface area contributed by atoms with E-state index in [1.165, 1.54) is 25.9 Å². The molecule has 4 rings (SSSR count). The zero-order valence-electron chi connectivity index (χ0n) is 15.5. The van der Waals surface area contributed by atoms with Gasteiger partial charge in [-0.3, -0.25) is 9.59 Å². The van der Waals surface area contributed by atoms with Crippen molar-refractivity contribution >= 4 is 17.5 Å². The molecule has 1 aromatic carbocycles. The number of hydrogen-bond acceptors (Lipinski definition) is 3. The van der Waals surface area contributed by atoms with E-state index in [1.54, 1.807) is 0 Å². The van der Waals surface area contributed by atoms with Crippen molar-refractivity contribution in [3.05, 3.63) is 29.8 Å². The van der Waals surface area contributed by atoms with Crippen molar-refractivity contribution < 1.29 is 9.59 Å². The summed E-state index contributed by atoms with van der Waals surface area (Å²) in [6.45, 7) is 5.07. The van der Waals surface area contributed by atoms with Crippen LogP contribution in [0, 0.1) is 0 Å². The van der Waals surface area contributed by atoms with Gasteiger partial charge in [0.25, 0.3) is 0 Å². The summed E-state index contributed by atoms with van der Waals surface area (Å²) in [7, 11) is 0. The van der Waals surface area contributed by atoms with Gasteiger partial charge >= 0.3 is 0 Å². The van der Waals surface area contributed by atoms with Crippen LogP contribution in [0.15, 0.2) is 24.3 Å². The van der Waals surface area contributed by atoms with Crippen LogP contribution >= 0.6 is 0 Å². The van der Waals surface area contributed by atoms with Crippen molar-refractivity contribution in [3.63, 3.8) is 0 Å². The van der Waals surface area contributed by atoms with Crippen LogP contribution in [0.4, 0.5) is 5.69 Å². The van der Waals surface area contributed by atoms with Gasteiger partial charge < -0.3 is 14.7 Å². The quantitative estimate of drug-likeness (QED) is 0.833. The molecule has 26 heavy (non-hydrogen) atoms. The molecule has 0 spiro atoms. The van der Waals surface area contributed by atoms with Gasteiger partial charge in [-0.2, -0.15) is 0 Å². The Balaban J connectivity index is 1.29. The molecule has 140 valence electrons. The van der Waals surface area contributed by atoms with Gasteiger partial charge in [0.05, 0.1) is 6.42 Å². The van der Waals surface area contributed by atoms with Crippen LogP contribution in [0.3, 0.4) is 0 Å². The first-order valence-corrected chi connectivity index (χ1v) is 10.1. The number of nitrogens with zero attached hydrogens (tertiary/aromatic N) is 3. The third-order valence-electron chi connectivity index (χ3n) is 6.15. The Labute approximate surface area is 155 Å². The highest BCUT2D eigenvalue weighted by molar-refractivity contribution is 5.95. The molecule has 5 nitrogen and oxygen atoms in total. The predicted octanol–water partition coefficient (Wildman–Crippen LogP) is 2.44. The lowest BCUT2D eigenvalue weighted by atomic mass is 10.0. The summed E-state index contributed by atoms with van der Waals surface area (Å²) in [6, 6.07) is 8.63. The number of benzene rings is 1. The van der Waals surface area contributed by atoms with E-state index in [1.807, 2.05) is 34.1 Å². The van der Waals surface area contributed by atoms with Crippen LogP contribution < -0.4 is 4.90 Å². The van der Waals surface area contributed by atoms with Crippen molar-refractivity contribution in [2.75, 3.05) is 37.6 Å². The van der Waals surface area contributed by atoms with Gasteiger partial charge in [0.2, 0.25) is 11.8 Å². The first-order chi connectivity index (χ1) is 12.7. The Bertz CT molecular complexity index is 644. The lowest BCUT2D eigenvalue weighted by Crippen LogP contribution is -2.46. The second-order valence-electron chi connectivity index (χ2n) is 7.85. The number of anilines is 1. The Kier molecular flexibility index (Phi) is 5.25. The van der Waals surface area contributed by atoms with E-state index in [0.29, 0.717) is 18.9 Å². The highest BCUT2D eigenvalue weighted by atomic mass is 16.2. The maximum Gasteiger partial charge on any atom is 0.227 e. The van der Waals surface area contributed by atoms with Crippen LogP contribution in [0.1, 0.15) is 44.1 Å². The molecule has 0 aromatic heterocycles. The summed E-state index contributed by atoms with van der Waals surface area (Å²) in [5.41, 5.74) is 1.99. The minimum atomic E-state index is 0.203. The summed E-state index contributed by atoms with van der Waals surface area (Å²) in [5, 5.41) is 0. The largest absolute Gasteiger partial charge is 0.342 e. The molecule has 0 atom stereocenters. The zero-order valence-corrected chi connectivity index (χ0v) is 15.5. The fourth-order valence-corrected chi connectivity index (χ4v) is 4.59. The molecule has 0 bridgehead atoms. The number of piperidine rings is 1. The number of carbonyl (C=O) groups is 2. The second kappa shape index (κ2) is 7.78. The average Bonchev–Trinajstić information content (AvgIpc) is 3.34. The van der Waals surface area contributed by atoms with Crippen molar-refractivity contribution in [2.24, 2.45) is 0 Å². The number of rotatable bonds is 4. The van der Waals surface area contributed by atoms with Crippen LogP contribution in [0.25, 0.3) is 0 Å². The molecule has 2 amide bonds. The van der Waals surface area contributed by atoms with Gasteiger partial charge in [-0.15, -0.1) is 0 Å². The summed E-state index contributed by atoms with van der Waals surface area (Å²) < 4.78 is 0. The zero-order chi connectivity index (χ0) is 17.9. The van der Waals surface area contributed by atoms with E-state index < -0.39 is 0 Å². The summed E-state index contributed by atoms with van der Waals surface area (Å²) >= 11 is 0. The fourth-order valence-electron chi connectivity index (χ4n) is 4.59. The predicted molar refractivity (Wildman–Crippen MR) is 102 cm³/mol. The van der Waals surface area contributed by atoms with Crippen molar-refractivity contribution in [1.82, 2.24) is 9.80 Å². The summed E-state index contributed by atoms with van der Waals surface area (Å²) in [6.07, 6.45) is 6.93. The van der Waals surface area contributed by atoms with E-state index in [-0.39, 0.29) is 11.8 Å². The van der Waals surface area contributed by atoms with Gasteiger partial charge in [0.1, 0.15) is 0 Å². The second-order valence-corrected chi connectivity index (χ2v) is 7.85. The molecule has 3 fully saturated rings. The van der Waals surface area contributed by atoms with Crippen LogP contribution in [0.5, 0.6) is 0 Å². The topological polar surface area (TPSA) is 43.9 Å². The Morgan fingerprint density at radius 3 is 2.23 bits per heavy atom. The van der Waals surface area contributed by atoms with Gasteiger partial charge in [-0.05, 0) is 62.9 Å².